The number of carbonyl (C=O) groups excluding carboxylic acids is 2. The summed E-state index contributed by atoms with van der Waals surface area (Å²) in [5, 5.41) is 3.25. The normalized spacial score (nSPS) is 12.0. The molecule has 31 heavy (non-hydrogen) atoms. The number of hydrogen-bond donors (Lipinski definition) is 1. The van der Waals surface area contributed by atoms with E-state index in [4.69, 9.17) is 11.6 Å². The van der Waals surface area contributed by atoms with Crippen LogP contribution < -0.4 is 5.32 Å². The monoisotopic (exact) mass is 464 g/mol. The summed E-state index contributed by atoms with van der Waals surface area (Å²) >= 11 is 7.37. The largest absolute Gasteiger partial charge is 0.354 e. The summed E-state index contributed by atoms with van der Waals surface area (Å²) in [5.74, 6) is -0.0199. The summed E-state index contributed by atoms with van der Waals surface area (Å²) in [4.78, 5) is 27.3. The molecule has 2 amide bonds. The first-order valence-electron chi connectivity index (χ1n) is 10.3. The molecular formula is C24H30ClFN2O2S. The zero-order chi connectivity index (χ0) is 23.0. The van der Waals surface area contributed by atoms with Crippen molar-refractivity contribution in [3.05, 3.63) is 70.0 Å². The van der Waals surface area contributed by atoms with Crippen molar-refractivity contribution in [2.75, 3.05) is 12.3 Å². The second-order valence-electron chi connectivity index (χ2n) is 8.02. The van der Waals surface area contributed by atoms with Gasteiger partial charge < -0.3 is 10.2 Å². The lowest BCUT2D eigenvalue weighted by molar-refractivity contribution is -0.138. The van der Waals surface area contributed by atoms with Gasteiger partial charge in [-0.2, -0.15) is 0 Å². The standard InChI is InChI=1S/C24H30ClFN2O2S/c1-16(2)12-27-24(30)18(4)28(13-19-8-5-7-17(3)11-19)23(29)15-31-14-20-21(25)9-6-10-22(20)26/h5-11,16,18H,12-15H2,1-4H3,(H,27,30). The van der Waals surface area contributed by atoms with E-state index in [-0.39, 0.29) is 29.1 Å². The minimum Gasteiger partial charge on any atom is -0.354 e. The number of nitrogens with one attached hydrogen (secondary N) is 1. The Kier molecular flexibility index (Phi) is 9.85. The van der Waals surface area contributed by atoms with Gasteiger partial charge in [-0.1, -0.05) is 61.3 Å². The van der Waals surface area contributed by atoms with Gasteiger partial charge >= 0.3 is 0 Å². The Labute approximate surface area is 193 Å². The van der Waals surface area contributed by atoms with Gasteiger partial charge in [0, 0.05) is 29.4 Å². The molecule has 0 saturated heterocycles. The van der Waals surface area contributed by atoms with Crippen molar-refractivity contribution in [1.29, 1.82) is 0 Å². The van der Waals surface area contributed by atoms with Gasteiger partial charge in [-0.05, 0) is 37.5 Å². The molecule has 0 aliphatic rings. The molecule has 1 N–H and O–H groups in total. The third-order valence-electron chi connectivity index (χ3n) is 4.82. The first-order chi connectivity index (χ1) is 14.7. The first-order valence-corrected chi connectivity index (χ1v) is 11.9. The van der Waals surface area contributed by atoms with E-state index >= 15 is 0 Å². The Balaban J connectivity index is 2.10. The van der Waals surface area contributed by atoms with Crippen LogP contribution in [-0.2, 0) is 21.9 Å². The summed E-state index contributed by atoms with van der Waals surface area (Å²) in [6.45, 7) is 8.65. The molecular weight excluding hydrogens is 435 g/mol. The molecule has 1 unspecified atom stereocenters. The van der Waals surface area contributed by atoms with Crippen LogP contribution in [0.25, 0.3) is 0 Å². The molecule has 7 heteroatoms. The van der Waals surface area contributed by atoms with Gasteiger partial charge in [0.15, 0.2) is 0 Å². The van der Waals surface area contributed by atoms with Crippen molar-refractivity contribution in [1.82, 2.24) is 10.2 Å². The number of rotatable bonds is 10. The average Bonchev–Trinajstić information content (AvgIpc) is 2.71. The highest BCUT2D eigenvalue weighted by molar-refractivity contribution is 7.99. The van der Waals surface area contributed by atoms with Crippen LogP contribution in [0.4, 0.5) is 4.39 Å². The van der Waals surface area contributed by atoms with Crippen molar-refractivity contribution in [2.45, 2.75) is 46.0 Å². The van der Waals surface area contributed by atoms with Crippen LogP contribution in [0.2, 0.25) is 5.02 Å². The van der Waals surface area contributed by atoms with E-state index < -0.39 is 6.04 Å². The van der Waals surface area contributed by atoms with Gasteiger partial charge in [0.05, 0.1) is 5.75 Å². The Morgan fingerprint density at radius 2 is 1.87 bits per heavy atom. The summed E-state index contributed by atoms with van der Waals surface area (Å²) in [6.07, 6.45) is 0. The average molecular weight is 465 g/mol. The highest BCUT2D eigenvalue weighted by atomic mass is 35.5. The van der Waals surface area contributed by atoms with E-state index in [0.717, 1.165) is 11.1 Å². The topological polar surface area (TPSA) is 49.4 Å². The Hall–Kier alpha value is -2.05. The van der Waals surface area contributed by atoms with Gasteiger partial charge in [-0.25, -0.2) is 4.39 Å². The van der Waals surface area contributed by atoms with Crippen molar-refractivity contribution in [3.8, 4) is 0 Å². The van der Waals surface area contributed by atoms with E-state index in [1.165, 1.54) is 17.8 Å². The first kappa shape index (κ1) is 25.2. The van der Waals surface area contributed by atoms with E-state index in [2.05, 4.69) is 5.32 Å². The second-order valence-corrected chi connectivity index (χ2v) is 9.41. The molecule has 2 aromatic carbocycles. The molecule has 0 aromatic heterocycles. The number of halogens is 2. The fourth-order valence-electron chi connectivity index (χ4n) is 3.04. The highest BCUT2D eigenvalue weighted by Crippen LogP contribution is 2.24. The molecule has 0 fully saturated rings. The summed E-state index contributed by atoms with van der Waals surface area (Å²) in [7, 11) is 0. The lowest BCUT2D eigenvalue weighted by Crippen LogP contribution is -2.48. The Morgan fingerprint density at radius 1 is 1.16 bits per heavy atom. The van der Waals surface area contributed by atoms with Gasteiger partial charge in [0.1, 0.15) is 11.9 Å². The van der Waals surface area contributed by atoms with Crippen molar-refractivity contribution in [3.63, 3.8) is 0 Å². The Morgan fingerprint density at radius 3 is 2.52 bits per heavy atom. The van der Waals surface area contributed by atoms with Crippen LogP contribution >= 0.6 is 23.4 Å². The van der Waals surface area contributed by atoms with Crippen molar-refractivity contribution < 1.29 is 14.0 Å². The molecule has 2 rings (SSSR count). The molecule has 0 heterocycles. The van der Waals surface area contributed by atoms with Crippen LogP contribution in [0.15, 0.2) is 42.5 Å². The van der Waals surface area contributed by atoms with Gasteiger partial charge in [-0.3, -0.25) is 9.59 Å². The quantitative estimate of drug-likeness (QED) is 0.525. The lowest BCUT2D eigenvalue weighted by atomic mass is 10.1. The molecule has 1 atom stereocenters. The maximum Gasteiger partial charge on any atom is 0.242 e. The smallest absolute Gasteiger partial charge is 0.242 e. The van der Waals surface area contributed by atoms with E-state index in [1.54, 1.807) is 24.0 Å². The maximum absolute atomic E-state index is 14.0. The summed E-state index contributed by atoms with van der Waals surface area (Å²) in [5.41, 5.74) is 2.43. The molecule has 4 nitrogen and oxygen atoms in total. The minimum atomic E-state index is -0.621. The number of carbonyl (C=O) groups is 2. The molecule has 168 valence electrons. The number of benzene rings is 2. The fourth-order valence-corrected chi connectivity index (χ4v) is 4.28. The molecule has 2 aromatic rings. The van der Waals surface area contributed by atoms with E-state index in [1.807, 2.05) is 45.0 Å². The lowest BCUT2D eigenvalue weighted by Gasteiger charge is -2.29. The number of thioether (sulfide) groups is 1. The molecule has 0 radical (unpaired) electrons. The SMILES string of the molecule is Cc1cccc(CN(C(=O)CSCc2c(F)cccc2Cl)C(C)C(=O)NCC(C)C)c1. The molecule has 0 aliphatic heterocycles. The minimum absolute atomic E-state index is 0.123. The van der Waals surface area contributed by atoms with Crippen molar-refractivity contribution >= 4 is 35.2 Å². The number of aryl methyl sites for hydroxylation is 1. The third kappa shape index (κ3) is 7.86. The van der Waals surface area contributed by atoms with Gasteiger partial charge in [-0.15, -0.1) is 11.8 Å². The molecule has 0 bridgehead atoms. The fraction of sp³-hybridized carbons (Fsp3) is 0.417. The number of amides is 2. The maximum atomic E-state index is 14.0. The zero-order valence-corrected chi connectivity index (χ0v) is 20.0. The zero-order valence-electron chi connectivity index (χ0n) is 18.5. The van der Waals surface area contributed by atoms with E-state index in [9.17, 15) is 14.0 Å². The molecule has 0 saturated carbocycles. The number of nitrogens with zero attached hydrogens (tertiary/aromatic N) is 1. The van der Waals surface area contributed by atoms with Crippen LogP contribution in [0.1, 0.15) is 37.5 Å². The van der Waals surface area contributed by atoms with Crippen LogP contribution in [0.5, 0.6) is 0 Å². The van der Waals surface area contributed by atoms with Crippen molar-refractivity contribution in [2.24, 2.45) is 5.92 Å². The number of hydrogen-bond acceptors (Lipinski definition) is 3. The third-order valence-corrected chi connectivity index (χ3v) is 6.12. The van der Waals surface area contributed by atoms with Crippen LogP contribution in [0.3, 0.4) is 0 Å². The second kappa shape index (κ2) is 12.1. The Bertz CT molecular complexity index is 887. The summed E-state index contributed by atoms with van der Waals surface area (Å²) < 4.78 is 14.0. The molecule has 0 spiro atoms. The van der Waals surface area contributed by atoms with Crippen LogP contribution in [0, 0.1) is 18.7 Å². The van der Waals surface area contributed by atoms with Crippen LogP contribution in [-0.4, -0.2) is 35.1 Å². The predicted octanol–water partition coefficient (Wildman–Crippen LogP) is 5.21. The van der Waals surface area contributed by atoms with E-state index in [0.29, 0.717) is 29.6 Å². The summed E-state index contributed by atoms with van der Waals surface area (Å²) in [6, 6.07) is 11.8. The van der Waals surface area contributed by atoms with Gasteiger partial charge in [0.25, 0.3) is 0 Å². The van der Waals surface area contributed by atoms with Gasteiger partial charge in [0.2, 0.25) is 11.8 Å². The highest BCUT2D eigenvalue weighted by Gasteiger charge is 2.26. The predicted molar refractivity (Wildman–Crippen MR) is 127 cm³/mol. The molecule has 0 aliphatic carbocycles.